The number of hydrogen-bond acceptors (Lipinski definition) is 6. The number of halogens is 2. The van der Waals surface area contributed by atoms with Crippen LogP contribution in [0.3, 0.4) is 0 Å². The molecule has 26 heavy (non-hydrogen) atoms. The Morgan fingerprint density at radius 3 is 1.69 bits per heavy atom. The third-order valence-corrected chi connectivity index (χ3v) is 5.46. The van der Waals surface area contributed by atoms with E-state index < -0.39 is 0 Å². The maximum absolute atomic E-state index is 5.95. The van der Waals surface area contributed by atoms with Crippen molar-refractivity contribution >= 4 is 68.9 Å². The Balaban J connectivity index is 1.28. The minimum Gasteiger partial charge on any atom is -0.431 e. The number of nitrogens with zero attached hydrogens (tertiary/aromatic N) is 2. The van der Waals surface area contributed by atoms with Gasteiger partial charge >= 0.3 is 0 Å². The van der Waals surface area contributed by atoms with Crippen LogP contribution in [0.4, 0.5) is 0 Å². The molecular weight excluding hydrogens is 411 g/mol. The lowest BCUT2D eigenvalue weighted by Gasteiger charge is -1.91. The normalized spacial score (nSPS) is 11.9. The number of fused-ring (bicyclic) bond motifs is 2. The summed E-state index contributed by atoms with van der Waals surface area (Å²) < 4.78 is 11.3. The van der Waals surface area contributed by atoms with Crippen LogP contribution in [-0.2, 0) is 0 Å². The first kappa shape index (κ1) is 17.8. The van der Waals surface area contributed by atoms with Gasteiger partial charge in [-0.3, -0.25) is 0 Å². The van der Waals surface area contributed by atoms with Crippen molar-refractivity contribution in [3.05, 3.63) is 58.6 Å². The molecule has 4 rings (SSSR count). The first-order valence-corrected chi connectivity index (χ1v) is 10.4. The van der Waals surface area contributed by atoms with Crippen LogP contribution < -0.4 is 0 Å². The largest absolute Gasteiger partial charge is 0.431 e. The second-order valence-electron chi connectivity index (χ2n) is 5.28. The molecule has 132 valence electrons. The summed E-state index contributed by atoms with van der Waals surface area (Å²) >= 11 is 15.0. The van der Waals surface area contributed by atoms with E-state index in [4.69, 9.17) is 32.0 Å². The zero-order chi connectivity index (χ0) is 17.9. The van der Waals surface area contributed by atoms with Crippen molar-refractivity contribution in [2.24, 2.45) is 0 Å². The lowest BCUT2D eigenvalue weighted by Crippen LogP contribution is -1.76. The van der Waals surface area contributed by atoms with Gasteiger partial charge in [-0.05, 0) is 36.4 Å². The molecule has 8 heteroatoms. The Hall–Kier alpha value is -1.60. The van der Waals surface area contributed by atoms with Gasteiger partial charge in [0.1, 0.15) is 11.0 Å². The Bertz CT molecular complexity index is 1010. The van der Waals surface area contributed by atoms with E-state index in [9.17, 15) is 0 Å². The minimum atomic E-state index is 0.635. The number of thioether (sulfide) groups is 2. The third kappa shape index (κ3) is 4.20. The number of benzene rings is 2. The van der Waals surface area contributed by atoms with Gasteiger partial charge in [0.25, 0.3) is 10.4 Å². The summed E-state index contributed by atoms with van der Waals surface area (Å²) in [5, 5.41) is 2.58. The highest BCUT2D eigenvalue weighted by molar-refractivity contribution is 7.99. The molecule has 4 aromatic rings. The number of hydrogen-bond donors (Lipinski definition) is 0. The van der Waals surface area contributed by atoms with Gasteiger partial charge in [-0.2, -0.15) is 0 Å². The van der Waals surface area contributed by atoms with Crippen LogP contribution in [0.2, 0.25) is 10.0 Å². The number of oxazole rings is 2. The Kier molecular flexibility index (Phi) is 5.45. The molecule has 0 amide bonds. The minimum absolute atomic E-state index is 0.635. The van der Waals surface area contributed by atoms with Gasteiger partial charge in [-0.15, -0.1) is 0 Å². The zero-order valence-corrected chi connectivity index (χ0v) is 16.5. The summed E-state index contributed by atoms with van der Waals surface area (Å²) in [6.07, 6.45) is 4.14. The highest BCUT2D eigenvalue weighted by atomic mass is 35.5. The van der Waals surface area contributed by atoms with Crippen LogP contribution in [0.5, 0.6) is 0 Å². The number of rotatable bonds is 6. The third-order valence-electron chi connectivity index (χ3n) is 3.43. The SMILES string of the molecule is Clc1ccc2oc(SCC=CCSc3nc4cc(Cl)ccc4o3)nc2c1. The highest BCUT2D eigenvalue weighted by Gasteiger charge is 2.07. The average molecular weight is 423 g/mol. The fraction of sp³-hybridized carbons (Fsp3) is 0.111. The van der Waals surface area contributed by atoms with E-state index in [1.807, 2.05) is 12.1 Å². The molecule has 0 bridgehead atoms. The summed E-state index contributed by atoms with van der Waals surface area (Å²) in [5.41, 5.74) is 3.03. The smallest absolute Gasteiger partial charge is 0.257 e. The van der Waals surface area contributed by atoms with Crippen LogP contribution in [0.1, 0.15) is 0 Å². The lowest BCUT2D eigenvalue weighted by atomic mass is 10.3. The molecule has 0 radical (unpaired) electrons. The predicted octanol–water partition coefficient (Wildman–Crippen LogP) is 6.72. The van der Waals surface area contributed by atoms with Gasteiger partial charge in [-0.1, -0.05) is 58.9 Å². The van der Waals surface area contributed by atoms with Crippen LogP contribution in [0.25, 0.3) is 22.2 Å². The summed E-state index contributed by atoms with van der Waals surface area (Å²) in [6.45, 7) is 0. The van der Waals surface area contributed by atoms with Crippen molar-refractivity contribution in [1.82, 2.24) is 9.97 Å². The van der Waals surface area contributed by atoms with Crippen LogP contribution in [0.15, 0.2) is 67.8 Å². The van der Waals surface area contributed by atoms with E-state index in [0.717, 1.165) is 33.7 Å². The van der Waals surface area contributed by atoms with Crippen LogP contribution >= 0.6 is 46.7 Å². The van der Waals surface area contributed by atoms with E-state index in [2.05, 4.69) is 22.1 Å². The average Bonchev–Trinajstić information content (AvgIpc) is 3.20. The molecule has 0 N–H and O–H groups in total. The monoisotopic (exact) mass is 422 g/mol. The van der Waals surface area contributed by atoms with Crippen molar-refractivity contribution in [3.63, 3.8) is 0 Å². The summed E-state index contributed by atoms with van der Waals surface area (Å²) in [7, 11) is 0. The molecule has 0 atom stereocenters. The maximum Gasteiger partial charge on any atom is 0.257 e. The van der Waals surface area contributed by atoms with Gasteiger partial charge in [0.2, 0.25) is 0 Å². The van der Waals surface area contributed by atoms with E-state index in [-0.39, 0.29) is 0 Å². The second-order valence-corrected chi connectivity index (χ2v) is 8.09. The van der Waals surface area contributed by atoms with Crippen molar-refractivity contribution in [2.45, 2.75) is 10.4 Å². The standard InChI is InChI=1S/C18H12Cl2N2O2S2/c19-11-3-5-15-13(9-11)21-17(23-15)25-7-1-2-8-26-18-22-14-10-12(20)4-6-16(14)24-18/h1-6,9-10H,7-8H2. The fourth-order valence-corrected chi connectivity index (χ4v) is 3.96. The molecule has 0 spiro atoms. The zero-order valence-electron chi connectivity index (χ0n) is 13.3. The second kappa shape index (κ2) is 7.96. The van der Waals surface area contributed by atoms with Crippen molar-refractivity contribution in [3.8, 4) is 0 Å². The predicted molar refractivity (Wildman–Crippen MR) is 109 cm³/mol. The lowest BCUT2D eigenvalue weighted by molar-refractivity contribution is 0.489. The molecule has 0 saturated carbocycles. The molecule has 0 aliphatic carbocycles. The van der Waals surface area contributed by atoms with Gasteiger partial charge in [0.05, 0.1) is 0 Å². The van der Waals surface area contributed by atoms with Gasteiger partial charge in [0.15, 0.2) is 11.2 Å². The van der Waals surface area contributed by atoms with Crippen molar-refractivity contribution in [1.29, 1.82) is 0 Å². The molecule has 0 unspecified atom stereocenters. The molecule has 0 saturated heterocycles. The molecule has 0 aliphatic heterocycles. The van der Waals surface area contributed by atoms with Crippen LogP contribution in [-0.4, -0.2) is 21.5 Å². The van der Waals surface area contributed by atoms with Crippen molar-refractivity contribution in [2.75, 3.05) is 11.5 Å². The first-order chi connectivity index (χ1) is 12.7. The van der Waals surface area contributed by atoms with E-state index in [0.29, 0.717) is 20.5 Å². The molecule has 0 fully saturated rings. The summed E-state index contributed by atoms with van der Waals surface area (Å²) in [5.74, 6) is 1.54. The van der Waals surface area contributed by atoms with Crippen molar-refractivity contribution < 1.29 is 8.83 Å². The Labute approximate surface area is 168 Å². The number of aromatic nitrogens is 2. The maximum atomic E-state index is 5.95. The van der Waals surface area contributed by atoms with E-state index in [1.165, 1.54) is 23.5 Å². The van der Waals surface area contributed by atoms with Crippen LogP contribution in [0, 0.1) is 0 Å². The summed E-state index contributed by atoms with van der Waals surface area (Å²) in [6, 6.07) is 10.8. The van der Waals surface area contributed by atoms with Gasteiger partial charge in [-0.25, -0.2) is 9.97 Å². The fourth-order valence-electron chi connectivity index (χ4n) is 2.26. The molecule has 4 nitrogen and oxygen atoms in total. The Morgan fingerprint density at radius 2 is 1.23 bits per heavy atom. The highest BCUT2D eigenvalue weighted by Crippen LogP contribution is 2.27. The molecule has 2 aromatic heterocycles. The topological polar surface area (TPSA) is 52.1 Å². The molecule has 0 aliphatic rings. The molecule has 2 heterocycles. The van der Waals surface area contributed by atoms with Gasteiger partial charge < -0.3 is 8.83 Å². The summed E-state index contributed by atoms with van der Waals surface area (Å²) in [4.78, 5) is 8.81. The molecule has 2 aromatic carbocycles. The Morgan fingerprint density at radius 1 is 0.769 bits per heavy atom. The molecular formula is C18H12Cl2N2O2S2. The quantitative estimate of drug-likeness (QED) is 0.254. The van der Waals surface area contributed by atoms with E-state index >= 15 is 0 Å². The first-order valence-electron chi connectivity index (χ1n) is 7.70. The van der Waals surface area contributed by atoms with E-state index in [1.54, 1.807) is 24.3 Å². The van der Waals surface area contributed by atoms with Gasteiger partial charge in [0, 0.05) is 21.6 Å².